The van der Waals surface area contributed by atoms with E-state index in [-0.39, 0.29) is 17.9 Å². The number of ether oxygens (including phenoxy) is 1. The van der Waals surface area contributed by atoms with Crippen LogP contribution >= 0.6 is 0 Å². The quantitative estimate of drug-likeness (QED) is 0.780. The lowest BCUT2D eigenvalue weighted by Gasteiger charge is -2.32. The second kappa shape index (κ2) is 8.11. The summed E-state index contributed by atoms with van der Waals surface area (Å²) in [6.07, 6.45) is 4.96. The average Bonchev–Trinajstić information content (AvgIpc) is 3.43. The minimum absolute atomic E-state index is 0.0830. The molecular formula is C22H31N3O3. The molecule has 0 N–H and O–H groups in total. The van der Waals surface area contributed by atoms with Gasteiger partial charge in [-0.1, -0.05) is 6.07 Å². The zero-order valence-electron chi connectivity index (χ0n) is 17.0. The van der Waals surface area contributed by atoms with Crippen molar-refractivity contribution in [3.05, 3.63) is 29.8 Å². The van der Waals surface area contributed by atoms with Gasteiger partial charge in [0, 0.05) is 56.5 Å². The number of benzene rings is 1. The SMILES string of the molecule is CN(C)C1CCN(C(=O)c2cccc(OC3CCN(C(=O)C4CC4)CC3)c2)C1. The first-order valence-corrected chi connectivity index (χ1v) is 10.5. The number of piperidine rings is 1. The summed E-state index contributed by atoms with van der Waals surface area (Å²) in [4.78, 5) is 31.1. The second-order valence-electron chi connectivity index (χ2n) is 8.60. The molecule has 6 heteroatoms. The molecule has 1 aromatic carbocycles. The maximum absolute atomic E-state index is 12.9. The predicted octanol–water partition coefficient (Wildman–Crippen LogP) is 2.24. The van der Waals surface area contributed by atoms with E-state index in [4.69, 9.17) is 4.74 Å². The predicted molar refractivity (Wildman–Crippen MR) is 107 cm³/mol. The molecule has 1 aromatic rings. The van der Waals surface area contributed by atoms with Crippen LogP contribution in [0.25, 0.3) is 0 Å². The van der Waals surface area contributed by atoms with Crippen molar-refractivity contribution in [2.24, 2.45) is 5.92 Å². The van der Waals surface area contributed by atoms with Crippen molar-refractivity contribution in [2.75, 3.05) is 40.3 Å². The van der Waals surface area contributed by atoms with Crippen LogP contribution in [0.5, 0.6) is 5.75 Å². The van der Waals surface area contributed by atoms with Crippen molar-refractivity contribution in [1.82, 2.24) is 14.7 Å². The van der Waals surface area contributed by atoms with E-state index in [2.05, 4.69) is 19.0 Å². The van der Waals surface area contributed by atoms with Crippen LogP contribution in [0.4, 0.5) is 0 Å². The van der Waals surface area contributed by atoms with E-state index in [1.807, 2.05) is 34.1 Å². The third-order valence-corrected chi connectivity index (χ3v) is 6.24. The summed E-state index contributed by atoms with van der Waals surface area (Å²) in [7, 11) is 4.13. The molecule has 2 saturated heterocycles. The van der Waals surface area contributed by atoms with E-state index in [1.165, 1.54) is 0 Å². The Hall–Kier alpha value is -2.08. The molecule has 0 bridgehead atoms. The van der Waals surface area contributed by atoms with Crippen LogP contribution in [0.1, 0.15) is 42.5 Å². The van der Waals surface area contributed by atoms with Crippen LogP contribution in [0.15, 0.2) is 24.3 Å². The van der Waals surface area contributed by atoms with Crippen LogP contribution in [-0.2, 0) is 4.79 Å². The Bertz CT molecular complexity index is 723. The molecular weight excluding hydrogens is 354 g/mol. The van der Waals surface area contributed by atoms with E-state index in [0.717, 1.165) is 64.0 Å². The number of amides is 2. The summed E-state index contributed by atoms with van der Waals surface area (Å²) in [5, 5.41) is 0. The molecule has 0 radical (unpaired) electrons. The largest absolute Gasteiger partial charge is 0.490 e. The Morgan fingerprint density at radius 2 is 1.71 bits per heavy atom. The molecule has 2 aliphatic heterocycles. The highest BCUT2D eigenvalue weighted by molar-refractivity contribution is 5.94. The van der Waals surface area contributed by atoms with E-state index < -0.39 is 0 Å². The first kappa shape index (κ1) is 19.2. The normalized spacial score (nSPS) is 23.3. The number of nitrogens with zero attached hydrogens (tertiary/aromatic N) is 3. The van der Waals surface area contributed by atoms with Crippen LogP contribution in [0.2, 0.25) is 0 Å². The Labute approximate surface area is 167 Å². The number of rotatable bonds is 5. The fourth-order valence-corrected chi connectivity index (χ4v) is 4.21. The highest BCUT2D eigenvalue weighted by atomic mass is 16.5. The second-order valence-corrected chi connectivity index (χ2v) is 8.60. The van der Waals surface area contributed by atoms with Gasteiger partial charge in [-0.2, -0.15) is 0 Å². The number of hydrogen-bond donors (Lipinski definition) is 0. The number of carbonyl (C=O) groups excluding carboxylic acids is 2. The first-order valence-electron chi connectivity index (χ1n) is 10.5. The zero-order valence-corrected chi connectivity index (χ0v) is 17.0. The third kappa shape index (κ3) is 4.32. The smallest absolute Gasteiger partial charge is 0.254 e. The van der Waals surface area contributed by atoms with Gasteiger partial charge >= 0.3 is 0 Å². The van der Waals surface area contributed by atoms with Gasteiger partial charge < -0.3 is 19.4 Å². The lowest BCUT2D eigenvalue weighted by Crippen LogP contribution is -2.42. The summed E-state index contributed by atoms with van der Waals surface area (Å²) in [6.45, 7) is 3.14. The highest BCUT2D eigenvalue weighted by Crippen LogP contribution is 2.32. The minimum Gasteiger partial charge on any atom is -0.490 e. The number of likely N-dealkylation sites (tertiary alicyclic amines) is 2. The third-order valence-electron chi connectivity index (χ3n) is 6.24. The van der Waals surface area contributed by atoms with Crippen molar-refractivity contribution >= 4 is 11.8 Å². The summed E-state index contributed by atoms with van der Waals surface area (Å²) >= 11 is 0. The van der Waals surface area contributed by atoms with Gasteiger partial charge in [0.15, 0.2) is 0 Å². The molecule has 28 heavy (non-hydrogen) atoms. The molecule has 1 unspecified atom stereocenters. The number of likely N-dealkylation sites (N-methyl/N-ethyl adjacent to an activating group) is 1. The van der Waals surface area contributed by atoms with Crippen LogP contribution < -0.4 is 4.74 Å². The average molecular weight is 386 g/mol. The first-order chi connectivity index (χ1) is 13.5. The molecule has 1 aliphatic carbocycles. The summed E-state index contributed by atoms with van der Waals surface area (Å²) in [5.74, 6) is 1.45. The molecule has 0 aromatic heterocycles. The van der Waals surface area contributed by atoms with Crippen molar-refractivity contribution in [1.29, 1.82) is 0 Å². The van der Waals surface area contributed by atoms with E-state index in [0.29, 0.717) is 17.5 Å². The molecule has 2 heterocycles. The van der Waals surface area contributed by atoms with Crippen molar-refractivity contribution in [2.45, 2.75) is 44.2 Å². The van der Waals surface area contributed by atoms with Gasteiger partial charge in [-0.15, -0.1) is 0 Å². The number of hydrogen-bond acceptors (Lipinski definition) is 4. The van der Waals surface area contributed by atoms with Crippen molar-refractivity contribution in [3.63, 3.8) is 0 Å². The lowest BCUT2D eigenvalue weighted by atomic mass is 10.1. The maximum Gasteiger partial charge on any atom is 0.254 e. The van der Waals surface area contributed by atoms with Gasteiger partial charge in [-0.05, 0) is 51.6 Å². The summed E-state index contributed by atoms with van der Waals surface area (Å²) in [6, 6.07) is 7.99. The summed E-state index contributed by atoms with van der Waals surface area (Å²) in [5.41, 5.74) is 0.693. The zero-order chi connectivity index (χ0) is 19.7. The van der Waals surface area contributed by atoms with Gasteiger partial charge in [0.2, 0.25) is 5.91 Å². The van der Waals surface area contributed by atoms with Crippen molar-refractivity contribution in [3.8, 4) is 5.75 Å². The topological polar surface area (TPSA) is 53.1 Å². The van der Waals surface area contributed by atoms with E-state index in [9.17, 15) is 9.59 Å². The van der Waals surface area contributed by atoms with Crippen molar-refractivity contribution < 1.29 is 14.3 Å². The minimum atomic E-state index is 0.0830. The lowest BCUT2D eigenvalue weighted by molar-refractivity contribution is -0.134. The Morgan fingerprint density at radius 1 is 1.00 bits per heavy atom. The molecule has 4 rings (SSSR count). The molecule has 152 valence electrons. The van der Waals surface area contributed by atoms with Gasteiger partial charge in [0.05, 0.1) is 0 Å². The van der Waals surface area contributed by atoms with Crippen LogP contribution in [-0.4, -0.2) is 78.9 Å². The van der Waals surface area contributed by atoms with Crippen LogP contribution in [0.3, 0.4) is 0 Å². The van der Waals surface area contributed by atoms with Gasteiger partial charge in [0.25, 0.3) is 5.91 Å². The molecule has 3 aliphatic rings. The van der Waals surface area contributed by atoms with Gasteiger partial charge in [-0.25, -0.2) is 0 Å². The monoisotopic (exact) mass is 385 g/mol. The molecule has 3 fully saturated rings. The Kier molecular flexibility index (Phi) is 5.58. The Morgan fingerprint density at radius 3 is 2.36 bits per heavy atom. The maximum atomic E-state index is 12.9. The number of carbonyl (C=O) groups is 2. The molecule has 1 atom stereocenters. The molecule has 0 spiro atoms. The fourth-order valence-electron chi connectivity index (χ4n) is 4.21. The van der Waals surface area contributed by atoms with Gasteiger partial charge in [0.1, 0.15) is 11.9 Å². The fraction of sp³-hybridized carbons (Fsp3) is 0.636. The van der Waals surface area contributed by atoms with E-state index in [1.54, 1.807) is 0 Å². The molecule has 2 amide bonds. The standard InChI is InChI=1S/C22H31N3O3/c1-23(2)18-8-11-25(15-18)22(27)17-4-3-5-20(14-17)28-19-9-12-24(13-10-19)21(26)16-6-7-16/h3-5,14,16,18-19H,6-13,15H2,1-2H3. The summed E-state index contributed by atoms with van der Waals surface area (Å²) < 4.78 is 6.16. The Balaban J connectivity index is 1.31. The highest BCUT2D eigenvalue weighted by Gasteiger charge is 2.35. The molecule has 1 saturated carbocycles. The van der Waals surface area contributed by atoms with Crippen LogP contribution in [0, 0.1) is 5.92 Å². The van der Waals surface area contributed by atoms with Gasteiger partial charge in [-0.3, -0.25) is 9.59 Å². The molecule has 6 nitrogen and oxygen atoms in total. The van der Waals surface area contributed by atoms with E-state index >= 15 is 0 Å².